The van der Waals surface area contributed by atoms with Gasteiger partial charge in [0.1, 0.15) is 5.82 Å². The Balaban J connectivity index is 1.38. The first-order valence-electron chi connectivity index (χ1n) is 10.6. The van der Waals surface area contributed by atoms with Gasteiger partial charge in [-0.25, -0.2) is 18.0 Å². The first-order chi connectivity index (χ1) is 15.2. The Morgan fingerprint density at radius 3 is 2.66 bits per heavy atom. The second-order valence-electron chi connectivity index (χ2n) is 8.22. The van der Waals surface area contributed by atoms with Crippen molar-refractivity contribution in [1.29, 1.82) is 0 Å². The third kappa shape index (κ3) is 4.87. The van der Waals surface area contributed by atoms with Gasteiger partial charge >= 0.3 is 6.09 Å². The third-order valence-electron chi connectivity index (χ3n) is 5.82. The smallest absolute Gasteiger partial charge is 0.414 e. The van der Waals surface area contributed by atoms with Crippen LogP contribution in [-0.2, 0) is 11.2 Å². The van der Waals surface area contributed by atoms with E-state index in [0.717, 1.165) is 0 Å². The Morgan fingerprint density at radius 2 is 1.97 bits per heavy atom. The molecule has 1 aromatic heterocycles. The highest BCUT2D eigenvalue weighted by Crippen LogP contribution is 2.50. The van der Waals surface area contributed by atoms with E-state index >= 15 is 0 Å². The quantitative estimate of drug-likeness (QED) is 0.700. The molecule has 2 aliphatic rings. The molecule has 0 bridgehead atoms. The molecule has 6 nitrogen and oxygen atoms in total. The summed E-state index contributed by atoms with van der Waals surface area (Å²) in [4.78, 5) is 31.0. The van der Waals surface area contributed by atoms with Gasteiger partial charge in [0.2, 0.25) is 0 Å². The molecule has 0 radical (unpaired) electrons. The Labute approximate surface area is 183 Å². The Morgan fingerprint density at radius 1 is 1.25 bits per heavy atom. The number of amides is 2. The minimum absolute atomic E-state index is 0.0388. The number of ether oxygens (including phenoxy) is 1. The average molecular weight is 447 g/mol. The van der Waals surface area contributed by atoms with Gasteiger partial charge < -0.3 is 10.1 Å². The molecule has 1 aliphatic carbocycles. The largest absolute Gasteiger partial charge is 0.449 e. The topological polar surface area (TPSA) is 71.5 Å². The van der Waals surface area contributed by atoms with Crippen molar-refractivity contribution in [3.05, 3.63) is 59.2 Å². The Hall–Kier alpha value is -3.10. The van der Waals surface area contributed by atoms with Crippen molar-refractivity contribution in [3.63, 3.8) is 0 Å². The fourth-order valence-electron chi connectivity index (χ4n) is 3.80. The maximum atomic E-state index is 13.1. The number of fused-ring (bicyclic) bond motifs is 1. The zero-order chi connectivity index (χ0) is 22.9. The number of benzene rings is 1. The van der Waals surface area contributed by atoms with E-state index in [1.807, 2.05) is 0 Å². The van der Waals surface area contributed by atoms with Gasteiger partial charge in [-0.1, -0.05) is 0 Å². The zero-order valence-electron chi connectivity index (χ0n) is 17.6. The number of alkyl halides is 2. The molecular formula is C23H24F3N3O3. The summed E-state index contributed by atoms with van der Waals surface area (Å²) in [5.41, 5.74) is 2.31. The van der Waals surface area contributed by atoms with Crippen LogP contribution in [0, 0.1) is 11.7 Å². The van der Waals surface area contributed by atoms with E-state index in [1.54, 1.807) is 19.1 Å². The van der Waals surface area contributed by atoms with Gasteiger partial charge in [-0.2, -0.15) is 0 Å². The molecule has 2 amide bonds. The van der Waals surface area contributed by atoms with Crippen molar-refractivity contribution >= 4 is 17.7 Å². The summed E-state index contributed by atoms with van der Waals surface area (Å²) < 4.78 is 44.2. The molecule has 1 aromatic carbocycles. The third-order valence-corrected chi connectivity index (χ3v) is 5.82. The summed E-state index contributed by atoms with van der Waals surface area (Å²) in [6.07, 6.45) is 0.805. The lowest BCUT2D eigenvalue weighted by molar-refractivity contribution is 0.0877. The van der Waals surface area contributed by atoms with E-state index < -0.39 is 29.8 Å². The number of halogens is 3. The van der Waals surface area contributed by atoms with Gasteiger partial charge in [0, 0.05) is 24.4 Å². The van der Waals surface area contributed by atoms with Crippen molar-refractivity contribution < 1.29 is 27.5 Å². The molecule has 170 valence electrons. The lowest BCUT2D eigenvalue weighted by Crippen LogP contribution is -2.37. The number of nitrogens with one attached hydrogen (secondary N) is 1. The van der Waals surface area contributed by atoms with Gasteiger partial charge in [-0.05, 0) is 62.6 Å². The number of hydrogen-bond acceptors (Lipinski definition) is 4. The predicted molar refractivity (Wildman–Crippen MR) is 111 cm³/mol. The molecule has 0 spiro atoms. The number of aromatic nitrogens is 1. The van der Waals surface area contributed by atoms with Crippen LogP contribution < -0.4 is 10.2 Å². The van der Waals surface area contributed by atoms with E-state index in [9.17, 15) is 22.8 Å². The van der Waals surface area contributed by atoms with Crippen LogP contribution in [0.25, 0.3) is 0 Å². The summed E-state index contributed by atoms with van der Waals surface area (Å²) in [7, 11) is 0. The molecule has 1 saturated carbocycles. The molecule has 0 saturated heterocycles. The molecule has 2 heterocycles. The second kappa shape index (κ2) is 8.80. The van der Waals surface area contributed by atoms with Crippen LogP contribution in [-0.4, -0.2) is 36.1 Å². The number of nitrogens with zero attached hydrogens (tertiary/aromatic N) is 2. The average Bonchev–Trinajstić information content (AvgIpc) is 3.39. The monoisotopic (exact) mass is 447 g/mol. The summed E-state index contributed by atoms with van der Waals surface area (Å²) in [6, 6.07) is 8.34. The van der Waals surface area contributed by atoms with Crippen LogP contribution in [0.5, 0.6) is 0 Å². The molecule has 1 fully saturated rings. The van der Waals surface area contributed by atoms with Crippen molar-refractivity contribution in [2.24, 2.45) is 5.92 Å². The number of hydrogen-bond donors (Lipinski definition) is 1. The van der Waals surface area contributed by atoms with Crippen LogP contribution in [0.2, 0.25) is 0 Å². The van der Waals surface area contributed by atoms with Gasteiger partial charge in [0.25, 0.3) is 11.8 Å². The van der Waals surface area contributed by atoms with E-state index in [0.29, 0.717) is 42.0 Å². The number of carbonyl (C=O) groups excluding carboxylic acids is 2. The lowest BCUT2D eigenvalue weighted by atomic mass is 10.1. The molecule has 2 unspecified atom stereocenters. The number of aryl methyl sites for hydroxylation is 1. The molecule has 9 heteroatoms. The van der Waals surface area contributed by atoms with Crippen LogP contribution in [0.1, 0.15) is 54.0 Å². The molecule has 4 rings (SSSR count). The second-order valence-corrected chi connectivity index (χ2v) is 8.22. The minimum Gasteiger partial charge on any atom is -0.449 e. The number of rotatable bonds is 6. The predicted octanol–water partition coefficient (Wildman–Crippen LogP) is 4.65. The Kier molecular flexibility index (Phi) is 6.08. The highest BCUT2D eigenvalue weighted by molar-refractivity contribution is 5.94. The maximum Gasteiger partial charge on any atom is 0.414 e. The summed E-state index contributed by atoms with van der Waals surface area (Å²) >= 11 is 0. The van der Waals surface area contributed by atoms with E-state index in [4.69, 9.17) is 4.74 Å². The van der Waals surface area contributed by atoms with Crippen LogP contribution in [0.3, 0.4) is 0 Å². The molecule has 1 N–H and O–H groups in total. The van der Waals surface area contributed by atoms with Crippen molar-refractivity contribution in [3.8, 4) is 0 Å². The van der Waals surface area contributed by atoms with Crippen molar-refractivity contribution in [2.45, 2.75) is 44.6 Å². The van der Waals surface area contributed by atoms with Gasteiger partial charge in [0.05, 0.1) is 29.7 Å². The molecule has 2 aromatic rings. The van der Waals surface area contributed by atoms with Gasteiger partial charge in [-0.15, -0.1) is 0 Å². The molecular weight excluding hydrogens is 423 g/mol. The highest BCUT2D eigenvalue weighted by Gasteiger charge is 2.56. The Bertz CT molecular complexity index is 1010. The van der Waals surface area contributed by atoms with E-state index in [2.05, 4.69) is 10.3 Å². The van der Waals surface area contributed by atoms with E-state index in [1.165, 1.54) is 29.2 Å². The fourth-order valence-corrected chi connectivity index (χ4v) is 3.80. The first-order valence-corrected chi connectivity index (χ1v) is 10.6. The van der Waals surface area contributed by atoms with Crippen LogP contribution in [0.4, 0.5) is 23.7 Å². The summed E-state index contributed by atoms with van der Waals surface area (Å²) in [5, 5.41) is 2.83. The summed E-state index contributed by atoms with van der Waals surface area (Å²) in [6.45, 7) is 2.21. The van der Waals surface area contributed by atoms with E-state index in [-0.39, 0.29) is 25.4 Å². The number of carbonyl (C=O) groups is 2. The highest BCUT2D eigenvalue weighted by atomic mass is 19.3. The lowest BCUT2D eigenvalue weighted by Gasteiger charge is -2.29. The minimum atomic E-state index is -2.62. The molecule has 32 heavy (non-hydrogen) atoms. The van der Waals surface area contributed by atoms with Gasteiger partial charge in [-0.3, -0.25) is 14.7 Å². The van der Waals surface area contributed by atoms with Crippen LogP contribution >= 0.6 is 0 Å². The SMILES string of the molecule is CC(NC(=O)c1ccc(F)cc1)c1ccc2c(n1)CCCN2C(=O)OCCC1CC1(F)F. The maximum absolute atomic E-state index is 13.1. The molecule has 1 aliphatic heterocycles. The molecule has 2 atom stereocenters. The number of pyridine rings is 1. The van der Waals surface area contributed by atoms with Gasteiger partial charge in [0.15, 0.2) is 0 Å². The summed E-state index contributed by atoms with van der Waals surface area (Å²) in [5.74, 6) is -4.07. The normalized spacial score (nSPS) is 19.6. The van der Waals surface area contributed by atoms with Crippen molar-refractivity contribution in [1.82, 2.24) is 10.3 Å². The van der Waals surface area contributed by atoms with Crippen LogP contribution in [0.15, 0.2) is 36.4 Å². The first kappa shape index (κ1) is 22.1. The standard InChI is InChI=1S/C23H24F3N3O3/c1-14(27-21(30)15-4-6-17(24)7-5-15)18-8-9-20-19(28-18)3-2-11-29(20)22(31)32-12-10-16-13-23(16,25)26/h4-9,14,16H,2-3,10-13H2,1H3,(H,27,30). The number of anilines is 1. The fraction of sp³-hybridized carbons (Fsp3) is 0.435. The van der Waals surface area contributed by atoms with Crippen molar-refractivity contribution in [2.75, 3.05) is 18.1 Å². The zero-order valence-corrected chi connectivity index (χ0v) is 17.6.